The molecule has 1 heteroatoms. The van der Waals surface area contributed by atoms with Crippen LogP contribution in [0, 0.1) is 11.8 Å². The summed E-state index contributed by atoms with van der Waals surface area (Å²) in [4.78, 5) is 0. The van der Waals surface area contributed by atoms with Crippen LogP contribution in [0.15, 0.2) is 23.3 Å². The van der Waals surface area contributed by atoms with E-state index in [2.05, 4.69) is 39.8 Å². The van der Waals surface area contributed by atoms with Crippen LogP contribution in [0.2, 0.25) is 0 Å². The fraction of sp³-hybridized carbons (Fsp3) is 0.714. The third-order valence-electron chi connectivity index (χ3n) is 3.48. The number of aliphatic hydroxyl groups is 1. The third-order valence-corrected chi connectivity index (χ3v) is 3.48. The lowest BCUT2D eigenvalue weighted by Gasteiger charge is -2.17. The van der Waals surface area contributed by atoms with E-state index in [1.54, 1.807) is 0 Å². The van der Waals surface area contributed by atoms with Crippen LogP contribution < -0.4 is 0 Å². The summed E-state index contributed by atoms with van der Waals surface area (Å²) in [7, 11) is 0. The van der Waals surface area contributed by atoms with Crippen LogP contribution in [-0.4, -0.2) is 11.2 Å². The van der Waals surface area contributed by atoms with E-state index in [4.69, 9.17) is 0 Å². The highest BCUT2D eigenvalue weighted by atomic mass is 16.3. The van der Waals surface area contributed by atoms with Crippen LogP contribution in [0.25, 0.3) is 0 Å². The van der Waals surface area contributed by atoms with Gasteiger partial charge in [0.25, 0.3) is 0 Å². The summed E-state index contributed by atoms with van der Waals surface area (Å²) in [5.41, 5.74) is 2.73. The van der Waals surface area contributed by atoms with Crippen molar-refractivity contribution in [3.05, 3.63) is 23.3 Å². The van der Waals surface area contributed by atoms with Crippen molar-refractivity contribution in [1.29, 1.82) is 0 Å². The van der Waals surface area contributed by atoms with E-state index in [0.29, 0.717) is 11.8 Å². The molecule has 1 aliphatic carbocycles. The number of aliphatic hydroxyl groups excluding tert-OH is 1. The molecule has 1 rings (SSSR count). The van der Waals surface area contributed by atoms with Gasteiger partial charge in [0.2, 0.25) is 0 Å². The molecule has 1 N–H and O–H groups in total. The van der Waals surface area contributed by atoms with Gasteiger partial charge in [-0.3, -0.25) is 0 Å². The summed E-state index contributed by atoms with van der Waals surface area (Å²) in [6.07, 6.45) is 7.70. The van der Waals surface area contributed by atoms with Gasteiger partial charge < -0.3 is 5.11 Å². The van der Waals surface area contributed by atoms with Gasteiger partial charge in [-0.05, 0) is 46.0 Å². The molecule has 0 aromatic carbocycles. The number of rotatable bonds is 3. The smallest absolute Gasteiger partial charge is 0.0630 e. The summed E-state index contributed by atoms with van der Waals surface area (Å²) in [6, 6.07) is 0. The van der Waals surface area contributed by atoms with Crippen molar-refractivity contribution in [3.63, 3.8) is 0 Å². The molecule has 0 bridgehead atoms. The molecule has 3 unspecified atom stereocenters. The summed E-state index contributed by atoms with van der Waals surface area (Å²) < 4.78 is 0. The molecule has 0 aromatic heterocycles. The molecule has 0 radical (unpaired) electrons. The first kappa shape index (κ1) is 12.5. The van der Waals surface area contributed by atoms with E-state index in [1.165, 1.54) is 17.6 Å². The predicted molar refractivity (Wildman–Crippen MR) is 65.7 cm³/mol. The second-order valence-corrected chi connectivity index (χ2v) is 5.12. The van der Waals surface area contributed by atoms with Gasteiger partial charge in [-0.1, -0.05) is 30.2 Å². The van der Waals surface area contributed by atoms with Gasteiger partial charge in [0, 0.05) is 5.92 Å². The number of hydrogen-bond acceptors (Lipinski definition) is 1. The van der Waals surface area contributed by atoms with Gasteiger partial charge in [0.15, 0.2) is 0 Å². The molecule has 0 saturated heterocycles. The predicted octanol–water partition coefficient (Wildman–Crippen LogP) is 3.70. The summed E-state index contributed by atoms with van der Waals surface area (Å²) in [5.74, 6) is 0.882. The quantitative estimate of drug-likeness (QED) is 0.701. The Labute approximate surface area is 93.9 Å². The molecular weight excluding hydrogens is 184 g/mol. The van der Waals surface area contributed by atoms with E-state index in [-0.39, 0.29) is 6.10 Å². The highest BCUT2D eigenvalue weighted by Crippen LogP contribution is 2.35. The molecule has 15 heavy (non-hydrogen) atoms. The maximum Gasteiger partial charge on any atom is 0.0630 e. The lowest BCUT2D eigenvalue weighted by molar-refractivity contribution is 0.111. The molecule has 0 aromatic rings. The topological polar surface area (TPSA) is 20.2 Å². The van der Waals surface area contributed by atoms with Crippen LogP contribution in [-0.2, 0) is 0 Å². The van der Waals surface area contributed by atoms with Crippen LogP contribution in [0.1, 0.15) is 47.0 Å². The zero-order valence-corrected chi connectivity index (χ0v) is 10.5. The average molecular weight is 208 g/mol. The average Bonchev–Trinajstić information content (AvgIpc) is 2.47. The third kappa shape index (κ3) is 3.49. The molecule has 0 heterocycles. The molecule has 0 spiro atoms. The zero-order chi connectivity index (χ0) is 11.4. The minimum atomic E-state index is -0.118. The Hall–Kier alpha value is -0.560. The minimum Gasteiger partial charge on any atom is -0.392 e. The van der Waals surface area contributed by atoms with Gasteiger partial charge in [-0.2, -0.15) is 0 Å². The Balaban J connectivity index is 2.53. The van der Waals surface area contributed by atoms with Crippen molar-refractivity contribution in [1.82, 2.24) is 0 Å². The monoisotopic (exact) mass is 208 g/mol. The van der Waals surface area contributed by atoms with Crippen molar-refractivity contribution < 1.29 is 5.11 Å². The second kappa shape index (κ2) is 5.50. The van der Waals surface area contributed by atoms with Crippen molar-refractivity contribution in [3.8, 4) is 0 Å². The van der Waals surface area contributed by atoms with Crippen LogP contribution >= 0.6 is 0 Å². The molecule has 1 saturated carbocycles. The van der Waals surface area contributed by atoms with Gasteiger partial charge in [-0.15, -0.1) is 0 Å². The lowest BCUT2D eigenvalue weighted by atomic mass is 9.94. The normalized spacial score (nSPS) is 31.8. The van der Waals surface area contributed by atoms with Gasteiger partial charge >= 0.3 is 0 Å². The first-order valence-corrected chi connectivity index (χ1v) is 6.00. The fourth-order valence-electron chi connectivity index (χ4n) is 2.31. The molecule has 0 amide bonds. The standard InChI is InChI=1S/C14H24O/c1-10(2)6-5-7-11(3)13-9-8-12(4)14(13)15/h6-7,12-15H,5,8-9H2,1-4H3/b11-7-. The zero-order valence-electron chi connectivity index (χ0n) is 10.5. The van der Waals surface area contributed by atoms with Gasteiger partial charge in [0.05, 0.1) is 6.10 Å². The maximum atomic E-state index is 9.98. The Morgan fingerprint density at radius 3 is 2.33 bits per heavy atom. The van der Waals surface area contributed by atoms with E-state index in [1.807, 2.05) is 0 Å². The Morgan fingerprint density at radius 1 is 1.20 bits per heavy atom. The van der Waals surface area contributed by atoms with Crippen LogP contribution in [0.4, 0.5) is 0 Å². The van der Waals surface area contributed by atoms with Crippen molar-refractivity contribution in [2.75, 3.05) is 0 Å². The van der Waals surface area contributed by atoms with Gasteiger partial charge in [0.1, 0.15) is 0 Å². The van der Waals surface area contributed by atoms with E-state index < -0.39 is 0 Å². The fourth-order valence-corrected chi connectivity index (χ4v) is 2.31. The Bertz CT molecular complexity index is 259. The van der Waals surface area contributed by atoms with Crippen LogP contribution in [0.3, 0.4) is 0 Å². The largest absolute Gasteiger partial charge is 0.392 e. The SMILES string of the molecule is CC(C)=CC/C=C(/C)C1CCC(C)C1O. The highest BCUT2D eigenvalue weighted by molar-refractivity contribution is 5.11. The van der Waals surface area contributed by atoms with E-state index in [9.17, 15) is 5.11 Å². The number of hydrogen-bond donors (Lipinski definition) is 1. The van der Waals surface area contributed by atoms with Crippen molar-refractivity contribution in [2.45, 2.75) is 53.1 Å². The lowest BCUT2D eigenvalue weighted by Crippen LogP contribution is -2.19. The molecule has 3 atom stereocenters. The van der Waals surface area contributed by atoms with Gasteiger partial charge in [-0.25, -0.2) is 0 Å². The molecule has 86 valence electrons. The first-order chi connectivity index (χ1) is 7.02. The summed E-state index contributed by atoms with van der Waals surface area (Å²) in [5, 5.41) is 9.98. The van der Waals surface area contributed by atoms with Crippen LogP contribution in [0.5, 0.6) is 0 Å². The first-order valence-electron chi connectivity index (χ1n) is 6.00. The van der Waals surface area contributed by atoms with E-state index in [0.717, 1.165) is 12.8 Å². The Kier molecular flexibility index (Phi) is 4.59. The van der Waals surface area contributed by atoms with Crippen molar-refractivity contribution in [2.24, 2.45) is 11.8 Å². The Morgan fingerprint density at radius 2 is 1.87 bits per heavy atom. The maximum absolute atomic E-state index is 9.98. The second-order valence-electron chi connectivity index (χ2n) is 5.12. The molecule has 0 aliphatic heterocycles. The molecular formula is C14H24O. The minimum absolute atomic E-state index is 0.118. The summed E-state index contributed by atoms with van der Waals surface area (Å²) >= 11 is 0. The highest BCUT2D eigenvalue weighted by Gasteiger charge is 2.32. The molecule has 1 nitrogen and oxygen atoms in total. The molecule has 1 aliphatic rings. The molecule has 1 fully saturated rings. The summed E-state index contributed by atoms with van der Waals surface area (Å²) in [6.45, 7) is 8.55. The number of allylic oxidation sites excluding steroid dienone is 3. The van der Waals surface area contributed by atoms with Crippen molar-refractivity contribution >= 4 is 0 Å². The van der Waals surface area contributed by atoms with E-state index >= 15 is 0 Å².